The average Bonchev–Trinajstić information content (AvgIpc) is 3.43. The lowest BCUT2D eigenvalue weighted by atomic mass is 9.94. The first kappa shape index (κ1) is 24.8. The Morgan fingerprint density at radius 1 is 1.00 bits per heavy atom. The predicted molar refractivity (Wildman–Crippen MR) is 133 cm³/mol. The number of amides is 2. The van der Waals surface area contributed by atoms with Crippen molar-refractivity contribution in [1.29, 1.82) is 0 Å². The van der Waals surface area contributed by atoms with E-state index in [9.17, 15) is 19.5 Å². The van der Waals surface area contributed by atoms with Crippen LogP contribution in [-0.4, -0.2) is 42.3 Å². The molecule has 2 amide bonds. The largest absolute Gasteiger partial charge is 0.480 e. The summed E-state index contributed by atoms with van der Waals surface area (Å²) in [6.07, 6.45) is 2.26. The highest BCUT2D eigenvalue weighted by Gasteiger charge is 2.35. The minimum Gasteiger partial charge on any atom is -0.480 e. The lowest BCUT2D eigenvalue weighted by Crippen LogP contribution is -2.46. The minimum absolute atomic E-state index is 0.00735. The Morgan fingerprint density at radius 2 is 1.63 bits per heavy atom. The third kappa shape index (κ3) is 5.66. The van der Waals surface area contributed by atoms with E-state index in [1.807, 2.05) is 38.1 Å². The number of rotatable bonds is 9. The van der Waals surface area contributed by atoms with Gasteiger partial charge >= 0.3 is 12.1 Å². The zero-order valence-corrected chi connectivity index (χ0v) is 20.3. The van der Waals surface area contributed by atoms with Crippen molar-refractivity contribution in [3.8, 4) is 11.1 Å². The molecule has 1 fully saturated rings. The van der Waals surface area contributed by atoms with Gasteiger partial charge in [0.05, 0.1) is 0 Å². The quantitative estimate of drug-likeness (QED) is 0.490. The molecule has 0 spiro atoms. The molecule has 1 saturated carbocycles. The van der Waals surface area contributed by atoms with E-state index in [4.69, 9.17) is 4.74 Å². The number of carbonyl (C=O) groups is 3. The molecule has 0 aliphatic heterocycles. The summed E-state index contributed by atoms with van der Waals surface area (Å²) in [5, 5.41) is 15.0. The Balaban J connectivity index is 1.30. The maximum absolute atomic E-state index is 12.8. The monoisotopic (exact) mass is 478 g/mol. The molecule has 0 radical (unpaired) electrons. The number of carboxylic acid groups (broad SMARTS) is 1. The van der Waals surface area contributed by atoms with E-state index in [1.54, 1.807) is 0 Å². The molecule has 3 atom stereocenters. The first-order chi connectivity index (χ1) is 16.8. The highest BCUT2D eigenvalue weighted by Crippen LogP contribution is 2.44. The SMILES string of the molecule is CC(C)C[C@@H](NC(=O)[C@@H]1CCC[C@@H]1CNC(=O)OCC1c2ccccc2-c2ccccc21)C(=O)O. The fourth-order valence-electron chi connectivity index (χ4n) is 5.46. The van der Waals surface area contributed by atoms with Crippen LogP contribution >= 0.6 is 0 Å². The van der Waals surface area contributed by atoms with E-state index in [2.05, 4.69) is 34.9 Å². The van der Waals surface area contributed by atoms with Gasteiger partial charge in [0.2, 0.25) is 5.91 Å². The van der Waals surface area contributed by atoms with Crippen molar-refractivity contribution in [3.63, 3.8) is 0 Å². The Bertz CT molecular complexity index is 1040. The van der Waals surface area contributed by atoms with Crippen LogP contribution in [0.4, 0.5) is 4.79 Å². The number of fused-ring (bicyclic) bond motifs is 3. The van der Waals surface area contributed by atoms with E-state index >= 15 is 0 Å². The molecule has 4 rings (SSSR count). The zero-order chi connectivity index (χ0) is 24.9. The highest BCUT2D eigenvalue weighted by atomic mass is 16.5. The van der Waals surface area contributed by atoms with Gasteiger partial charge in [-0.1, -0.05) is 68.8 Å². The van der Waals surface area contributed by atoms with Crippen LogP contribution in [0, 0.1) is 17.8 Å². The molecule has 2 aliphatic rings. The topological polar surface area (TPSA) is 105 Å². The number of hydrogen-bond acceptors (Lipinski definition) is 4. The summed E-state index contributed by atoms with van der Waals surface area (Å²) in [5.74, 6) is -1.45. The van der Waals surface area contributed by atoms with Gasteiger partial charge in [0.15, 0.2) is 0 Å². The van der Waals surface area contributed by atoms with Crippen molar-refractivity contribution in [3.05, 3.63) is 59.7 Å². The van der Waals surface area contributed by atoms with Crippen LogP contribution in [0.3, 0.4) is 0 Å². The van der Waals surface area contributed by atoms with Gasteiger partial charge in [0, 0.05) is 18.4 Å². The first-order valence-electron chi connectivity index (χ1n) is 12.5. The second-order valence-corrected chi connectivity index (χ2v) is 10.0. The summed E-state index contributed by atoms with van der Waals surface area (Å²) in [6.45, 7) is 4.43. The molecule has 2 aliphatic carbocycles. The number of aliphatic carboxylic acids is 1. The lowest BCUT2D eigenvalue weighted by Gasteiger charge is -2.23. The fraction of sp³-hybridized carbons (Fsp3) is 0.464. The van der Waals surface area contributed by atoms with Crippen LogP contribution < -0.4 is 10.6 Å². The van der Waals surface area contributed by atoms with Crippen molar-refractivity contribution in [2.24, 2.45) is 17.8 Å². The van der Waals surface area contributed by atoms with Gasteiger partial charge in [0.1, 0.15) is 12.6 Å². The maximum Gasteiger partial charge on any atom is 0.407 e. The Morgan fingerprint density at radius 3 is 2.23 bits per heavy atom. The molecule has 186 valence electrons. The maximum atomic E-state index is 12.8. The molecular weight excluding hydrogens is 444 g/mol. The summed E-state index contributed by atoms with van der Waals surface area (Å²) in [7, 11) is 0. The molecule has 35 heavy (non-hydrogen) atoms. The van der Waals surface area contributed by atoms with Crippen LogP contribution in [0.5, 0.6) is 0 Å². The normalized spacial score (nSPS) is 19.6. The Hall–Kier alpha value is -3.35. The number of carbonyl (C=O) groups excluding carboxylic acids is 2. The standard InChI is InChI=1S/C28H34N2O5/c1-17(2)14-25(27(32)33)30-26(31)19-13-7-8-18(19)15-29-28(34)35-16-24-22-11-5-3-9-20(22)21-10-4-6-12-23(21)24/h3-6,9-12,17-19,24-25H,7-8,13-16H2,1-2H3,(H,29,34)(H,30,31)(H,32,33)/t18-,19-,25-/m1/s1. The summed E-state index contributed by atoms with van der Waals surface area (Å²) in [4.78, 5) is 36.9. The van der Waals surface area contributed by atoms with E-state index < -0.39 is 18.1 Å². The van der Waals surface area contributed by atoms with Crippen molar-refractivity contribution in [2.75, 3.05) is 13.2 Å². The minimum atomic E-state index is -1.02. The van der Waals surface area contributed by atoms with Crippen LogP contribution in [0.2, 0.25) is 0 Å². The van der Waals surface area contributed by atoms with Gasteiger partial charge in [0.25, 0.3) is 0 Å². The molecule has 0 aromatic heterocycles. The third-order valence-electron chi connectivity index (χ3n) is 7.17. The lowest BCUT2D eigenvalue weighted by molar-refractivity contribution is -0.143. The Labute approximate surface area is 206 Å². The highest BCUT2D eigenvalue weighted by molar-refractivity contribution is 5.85. The smallest absolute Gasteiger partial charge is 0.407 e. The van der Waals surface area contributed by atoms with Crippen LogP contribution in [-0.2, 0) is 14.3 Å². The number of alkyl carbamates (subject to hydrolysis) is 1. The van der Waals surface area contributed by atoms with E-state index in [0.717, 1.165) is 24.0 Å². The molecule has 0 saturated heterocycles. The van der Waals surface area contributed by atoms with Crippen LogP contribution in [0.25, 0.3) is 11.1 Å². The summed E-state index contributed by atoms with van der Waals surface area (Å²) < 4.78 is 5.61. The molecule has 0 heterocycles. The Kier molecular flexibility index (Phi) is 7.73. The number of ether oxygens (including phenoxy) is 1. The first-order valence-corrected chi connectivity index (χ1v) is 12.5. The van der Waals surface area contributed by atoms with Gasteiger partial charge in [-0.2, -0.15) is 0 Å². The van der Waals surface area contributed by atoms with Crippen molar-refractivity contribution < 1.29 is 24.2 Å². The van der Waals surface area contributed by atoms with Gasteiger partial charge in [-0.15, -0.1) is 0 Å². The zero-order valence-electron chi connectivity index (χ0n) is 20.3. The van der Waals surface area contributed by atoms with Crippen LogP contribution in [0.15, 0.2) is 48.5 Å². The molecule has 7 nitrogen and oxygen atoms in total. The predicted octanol–water partition coefficient (Wildman–Crippen LogP) is 4.56. The van der Waals surface area contributed by atoms with E-state index in [1.165, 1.54) is 11.1 Å². The summed E-state index contributed by atoms with van der Waals surface area (Å²) in [5.41, 5.74) is 4.66. The van der Waals surface area contributed by atoms with Gasteiger partial charge in [-0.05, 0) is 53.4 Å². The second kappa shape index (κ2) is 10.9. The molecular formula is C28H34N2O5. The van der Waals surface area contributed by atoms with Crippen molar-refractivity contribution in [1.82, 2.24) is 10.6 Å². The van der Waals surface area contributed by atoms with Crippen molar-refractivity contribution >= 4 is 18.0 Å². The molecule has 3 N–H and O–H groups in total. The van der Waals surface area contributed by atoms with Gasteiger partial charge < -0.3 is 20.5 Å². The van der Waals surface area contributed by atoms with E-state index in [-0.39, 0.29) is 36.2 Å². The average molecular weight is 479 g/mol. The summed E-state index contributed by atoms with van der Waals surface area (Å²) >= 11 is 0. The molecule has 0 unspecified atom stereocenters. The third-order valence-corrected chi connectivity index (χ3v) is 7.17. The van der Waals surface area contributed by atoms with Crippen molar-refractivity contribution in [2.45, 2.75) is 51.5 Å². The molecule has 2 aromatic carbocycles. The molecule has 7 heteroatoms. The second-order valence-electron chi connectivity index (χ2n) is 10.0. The van der Waals surface area contributed by atoms with E-state index in [0.29, 0.717) is 19.4 Å². The number of carboxylic acids is 1. The molecule has 2 aromatic rings. The number of hydrogen-bond donors (Lipinski definition) is 3. The molecule has 0 bridgehead atoms. The summed E-state index contributed by atoms with van der Waals surface area (Å²) in [6, 6.07) is 15.5. The van der Waals surface area contributed by atoms with Gasteiger partial charge in [-0.25, -0.2) is 9.59 Å². The number of nitrogens with one attached hydrogen (secondary N) is 2. The van der Waals surface area contributed by atoms with Crippen LogP contribution in [0.1, 0.15) is 56.6 Å². The number of benzene rings is 2. The fourth-order valence-corrected chi connectivity index (χ4v) is 5.46. The van der Waals surface area contributed by atoms with Gasteiger partial charge in [-0.3, -0.25) is 4.79 Å².